The standard InChI is InChI=1S/C33H27FN10/c34-23-5-8-27(39-19-23)28-9-10-29-33(41-28)44(32(42-29)25-2-1-14-38-31(25)36)24-6-3-21(4-7-24)20-43-16-12-22(13-17-43)26-11-15-37-30(18-35)40-26/h1-11,14-15,19,22H,12-13,16-17,20H2,(H2,36,38). The van der Waals surface area contributed by atoms with E-state index in [2.05, 4.69) is 49.1 Å². The van der Waals surface area contributed by atoms with Crippen LogP contribution in [0.3, 0.4) is 0 Å². The van der Waals surface area contributed by atoms with Crippen molar-refractivity contribution in [2.45, 2.75) is 25.3 Å². The van der Waals surface area contributed by atoms with Gasteiger partial charge in [0.15, 0.2) is 11.5 Å². The van der Waals surface area contributed by atoms with Crippen molar-refractivity contribution in [1.29, 1.82) is 5.26 Å². The molecule has 0 radical (unpaired) electrons. The minimum Gasteiger partial charge on any atom is -0.383 e. The molecule has 0 unspecified atom stereocenters. The van der Waals surface area contributed by atoms with Gasteiger partial charge in [-0.3, -0.25) is 14.5 Å². The van der Waals surface area contributed by atoms with Crippen LogP contribution in [-0.2, 0) is 6.54 Å². The van der Waals surface area contributed by atoms with Crippen molar-refractivity contribution in [3.63, 3.8) is 0 Å². The van der Waals surface area contributed by atoms with Crippen LogP contribution in [0.25, 0.3) is 39.6 Å². The molecule has 1 fully saturated rings. The Morgan fingerprint density at radius 2 is 1.68 bits per heavy atom. The number of nitrogen functional groups attached to an aromatic ring is 1. The molecular formula is C33H27FN10. The molecule has 44 heavy (non-hydrogen) atoms. The number of pyridine rings is 3. The Hall–Kier alpha value is -5.60. The van der Waals surface area contributed by atoms with Gasteiger partial charge in [0.05, 0.1) is 23.1 Å². The molecule has 1 aliphatic heterocycles. The fourth-order valence-corrected chi connectivity index (χ4v) is 5.71. The van der Waals surface area contributed by atoms with E-state index in [1.54, 1.807) is 18.5 Å². The molecule has 216 valence electrons. The quantitative estimate of drug-likeness (QED) is 0.277. The molecule has 2 N–H and O–H groups in total. The molecule has 0 aliphatic carbocycles. The maximum absolute atomic E-state index is 13.5. The number of halogens is 1. The second kappa shape index (κ2) is 11.6. The topological polar surface area (TPSA) is 135 Å². The maximum Gasteiger partial charge on any atom is 0.232 e. The highest BCUT2D eigenvalue weighted by molar-refractivity contribution is 5.84. The van der Waals surface area contributed by atoms with Crippen molar-refractivity contribution >= 4 is 17.0 Å². The fraction of sp³-hybridized carbons (Fsp3) is 0.182. The summed E-state index contributed by atoms with van der Waals surface area (Å²) < 4.78 is 15.5. The normalized spacial score (nSPS) is 14.1. The van der Waals surface area contributed by atoms with Gasteiger partial charge in [-0.1, -0.05) is 12.1 Å². The van der Waals surface area contributed by atoms with Gasteiger partial charge in [0.1, 0.15) is 23.2 Å². The van der Waals surface area contributed by atoms with E-state index in [1.807, 2.05) is 41.0 Å². The lowest BCUT2D eigenvalue weighted by Gasteiger charge is -2.31. The average Bonchev–Trinajstić information content (AvgIpc) is 3.44. The first-order chi connectivity index (χ1) is 21.6. The number of anilines is 1. The highest BCUT2D eigenvalue weighted by atomic mass is 19.1. The van der Waals surface area contributed by atoms with Gasteiger partial charge in [-0.15, -0.1) is 0 Å². The number of rotatable bonds is 6. The Labute approximate surface area is 252 Å². The summed E-state index contributed by atoms with van der Waals surface area (Å²) in [5.74, 6) is 1.15. The third-order valence-electron chi connectivity index (χ3n) is 7.96. The van der Waals surface area contributed by atoms with Crippen molar-refractivity contribution in [2.24, 2.45) is 0 Å². The summed E-state index contributed by atoms with van der Waals surface area (Å²) >= 11 is 0. The van der Waals surface area contributed by atoms with Crippen LogP contribution < -0.4 is 5.73 Å². The van der Waals surface area contributed by atoms with E-state index >= 15 is 0 Å². The predicted molar refractivity (Wildman–Crippen MR) is 164 cm³/mol. The Balaban J connectivity index is 1.17. The predicted octanol–water partition coefficient (Wildman–Crippen LogP) is 5.31. The molecule has 0 atom stereocenters. The van der Waals surface area contributed by atoms with Gasteiger partial charge in [0.2, 0.25) is 5.82 Å². The van der Waals surface area contributed by atoms with Crippen molar-refractivity contribution in [3.05, 3.63) is 108 Å². The number of hydrogen-bond donors (Lipinski definition) is 1. The van der Waals surface area contributed by atoms with Gasteiger partial charge < -0.3 is 5.73 Å². The molecule has 1 aromatic carbocycles. The third kappa shape index (κ3) is 5.34. The van der Waals surface area contributed by atoms with Gasteiger partial charge in [-0.2, -0.15) is 5.26 Å². The number of imidazole rings is 1. The molecule has 0 amide bonds. The lowest BCUT2D eigenvalue weighted by Crippen LogP contribution is -2.32. The number of nitrogens with two attached hydrogens (primary N) is 1. The van der Waals surface area contributed by atoms with Crippen LogP contribution in [0.4, 0.5) is 10.2 Å². The molecule has 0 bridgehead atoms. The largest absolute Gasteiger partial charge is 0.383 e. The van der Waals surface area contributed by atoms with Crippen LogP contribution in [0.5, 0.6) is 0 Å². The smallest absolute Gasteiger partial charge is 0.232 e. The van der Waals surface area contributed by atoms with Crippen molar-refractivity contribution in [3.8, 4) is 34.5 Å². The van der Waals surface area contributed by atoms with Crippen molar-refractivity contribution in [2.75, 3.05) is 18.8 Å². The van der Waals surface area contributed by atoms with Gasteiger partial charge >= 0.3 is 0 Å². The maximum atomic E-state index is 13.5. The molecule has 5 aromatic heterocycles. The number of aromatic nitrogens is 7. The van der Waals surface area contributed by atoms with E-state index < -0.39 is 5.82 Å². The number of nitrogens with zero attached hydrogens (tertiary/aromatic N) is 9. The number of benzene rings is 1. The number of fused-ring (bicyclic) bond motifs is 1. The van der Waals surface area contributed by atoms with Crippen LogP contribution in [0.1, 0.15) is 35.8 Å². The second-order valence-corrected chi connectivity index (χ2v) is 10.7. The molecule has 6 heterocycles. The number of hydrogen-bond acceptors (Lipinski definition) is 9. The van der Waals surface area contributed by atoms with Crippen molar-refractivity contribution < 1.29 is 4.39 Å². The number of likely N-dealkylation sites (tertiary alicyclic amines) is 1. The first kappa shape index (κ1) is 27.2. The highest BCUT2D eigenvalue weighted by Crippen LogP contribution is 2.32. The monoisotopic (exact) mass is 582 g/mol. The zero-order valence-electron chi connectivity index (χ0n) is 23.7. The summed E-state index contributed by atoms with van der Waals surface area (Å²) in [5.41, 5.74) is 12.5. The summed E-state index contributed by atoms with van der Waals surface area (Å²) in [4.78, 5) is 29.1. The summed E-state index contributed by atoms with van der Waals surface area (Å²) in [6.07, 6.45) is 6.46. The molecule has 0 saturated carbocycles. The number of piperidine rings is 1. The Kier molecular flexibility index (Phi) is 7.17. The summed E-state index contributed by atoms with van der Waals surface area (Å²) in [7, 11) is 0. The molecular weight excluding hydrogens is 555 g/mol. The molecule has 10 nitrogen and oxygen atoms in total. The van der Waals surface area contributed by atoms with Gasteiger partial charge in [-0.25, -0.2) is 29.3 Å². The number of nitriles is 1. The van der Waals surface area contributed by atoms with Crippen LogP contribution >= 0.6 is 0 Å². The van der Waals surface area contributed by atoms with Crippen LogP contribution in [-0.4, -0.2) is 52.5 Å². The lowest BCUT2D eigenvalue weighted by molar-refractivity contribution is 0.203. The first-order valence-corrected chi connectivity index (χ1v) is 14.3. The lowest BCUT2D eigenvalue weighted by atomic mass is 9.93. The molecule has 1 aliphatic rings. The first-order valence-electron chi connectivity index (χ1n) is 14.3. The Morgan fingerprint density at radius 1 is 0.864 bits per heavy atom. The van der Waals surface area contributed by atoms with E-state index in [9.17, 15) is 4.39 Å². The molecule has 11 heteroatoms. The van der Waals surface area contributed by atoms with Gasteiger partial charge in [0, 0.05) is 36.2 Å². The van der Waals surface area contributed by atoms with Gasteiger partial charge in [0.25, 0.3) is 0 Å². The Morgan fingerprint density at radius 3 is 2.43 bits per heavy atom. The third-order valence-corrected chi connectivity index (χ3v) is 7.96. The van der Waals surface area contributed by atoms with E-state index in [0.29, 0.717) is 45.7 Å². The molecule has 1 saturated heterocycles. The molecule has 6 aromatic rings. The van der Waals surface area contributed by atoms with E-state index in [-0.39, 0.29) is 5.82 Å². The van der Waals surface area contributed by atoms with Crippen LogP contribution in [0.15, 0.2) is 85.3 Å². The van der Waals surface area contributed by atoms with E-state index in [0.717, 1.165) is 43.9 Å². The van der Waals surface area contributed by atoms with E-state index in [1.165, 1.54) is 17.8 Å². The molecule has 0 spiro atoms. The van der Waals surface area contributed by atoms with Crippen LogP contribution in [0.2, 0.25) is 0 Å². The average molecular weight is 583 g/mol. The minimum atomic E-state index is -0.404. The summed E-state index contributed by atoms with van der Waals surface area (Å²) in [6, 6.07) is 22.7. The summed E-state index contributed by atoms with van der Waals surface area (Å²) in [5, 5.41) is 9.14. The SMILES string of the molecule is N#Cc1nccc(C2CCN(Cc3ccc(-n4c(-c5cccnc5N)nc5ccc(-c6ccc(F)cn6)nc54)cc3)CC2)n1. The Bertz CT molecular complexity index is 1990. The minimum absolute atomic E-state index is 0.226. The second-order valence-electron chi connectivity index (χ2n) is 10.7. The van der Waals surface area contributed by atoms with Gasteiger partial charge in [-0.05, 0) is 86.1 Å². The fourth-order valence-electron chi connectivity index (χ4n) is 5.71. The summed E-state index contributed by atoms with van der Waals surface area (Å²) in [6.45, 7) is 2.71. The van der Waals surface area contributed by atoms with E-state index in [4.69, 9.17) is 21.0 Å². The van der Waals surface area contributed by atoms with Crippen LogP contribution in [0, 0.1) is 17.1 Å². The zero-order chi connectivity index (χ0) is 30.0. The highest BCUT2D eigenvalue weighted by Gasteiger charge is 2.23. The zero-order valence-corrected chi connectivity index (χ0v) is 23.7. The van der Waals surface area contributed by atoms with Crippen molar-refractivity contribution in [1.82, 2.24) is 39.4 Å². The molecule has 7 rings (SSSR count).